The van der Waals surface area contributed by atoms with Crippen molar-refractivity contribution in [3.05, 3.63) is 28.8 Å². The van der Waals surface area contributed by atoms with Gasteiger partial charge >= 0.3 is 0 Å². The fourth-order valence-electron chi connectivity index (χ4n) is 2.01. The van der Waals surface area contributed by atoms with E-state index >= 15 is 0 Å². The molecule has 2 rings (SSSR count). The number of carbonyl (C=O) groups is 1. The molecule has 1 aromatic rings. The highest BCUT2D eigenvalue weighted by Gasteiger charge is 2.29. The molecule has 2 N–H and O–H groups in total. The van der Waals surface area contributed by atoms with Crippen LogP contribution in [0.2, 0.25) is 5.02 Å². The van der Waals surface area contributed by atoms with Gasteiger partial charge in [-0.1, -0.05) is 17.7 Å². The van der Waals surface area contributed by atoms with Gasteiger partial charge in [-0.05, 0) is 37.6 Å². The van der Waals surface area contributed by atoms with E-state index in [9.17, 15) is 4.79 Å². The molecule has 0 bridgehead atoms. The summed E-state index contributed by atoms with van der Waals surface area (Å²) in [6.07, 6.45) is 0.124. The van der Waals surface area contributed by atoms with Crippen molar-refractivity contribution in [3.63, 3.8) is 0 Å². The van der Waals surface area contributed by atoms with Crippen molar-refractivity contribution < 1.29 is 9.53 Å². The van der Waals surface area contributed by atoms with Crippen LogP contribution >= 0.6 is 11.6 Å². The number of anilines is 1. The van der Waals surface area contributed by atoms with E-state index in [2.05, 4.69) is 0 Å². The molecule has 0 spiro atoms. The number of halogens is 1. The molecule has 1 atom stereocenters. The van der Waals surface area contributed by atoms with Gasteiger partial charge < -0.3 is 15.4 Å². The van der Waals surface area contributed by atoms with Crippen LogP contribution in [0.25, 0.3) is 0 Å². The number of aryl methyl sites for hydroxylation is 1. The molecule has 1 saturated heterocycles. The van der Waals surface area contributed by atoms with E-state index in [1.807, 2.05) is 25.1 Å². The Bertz CT molecular complexity index is 449. The highest BCUT2D eigenvalue weighted by atomic mass is 35.5. The first kappa shape index (κ1) is 13.3. The van der Waals surface area contributed by atoms with E-state index in [0.717, 1.165) is 11.3 Å². The van der Waals surface area contributed by atoms with Crippen molar-refractivity contribution in [2.24, 2.45) is 5.73 Å². The summed E-state index contributed by atoms with van der Waals surface area (Å²) in [4.78, 5) is 13.9. The Balaban J connectivity index is 2.21. The number of amides is 1. The molecule has 5 heteroatoms. The number of hydrogen-bond donors (Lipinski definition) is 1. The summed E-state index contributed by atoms with van der Waals surface area (Å²) in [5, 5.41) is 0.669. The SMILES string of the molecule is Cc1ccc(N2CCOC(CCN)C2=O)cc1Cl. The van der Waals surface area contributed by atoms with Gasteiger partial charge in [0.25, 0.3) is 5.91 Å². The second kappa shape index (κ2) is 5.69. The van der Waals surface area contributed by atoms with Gasteiger partial charge in [0.2, 0.25) is 0 Å². The highest BCUT2D eigenvalue weighted by Crippen LogP contribution is 2.25. The average Bonchev–Trinajstić information content (AvgIpc) is 2.36. The Kier molecular flexibility index (Phi) is 4.22. The highest BCUT2D eigenvalue weighted by molar-refractivity contribution is 6.31. The molecule has 1 fully saturated rings. The molecule has 0 radical (unpaired) electrons. The Morgan fingerprint density at radius 1 is 1.56 bits per heavy atom. The predicted octanol–water partition coefficient (Wildman–Crippen LogP) is 1.73. The molecule has 0 saturated carbocycles. The van der Waals surface area contributed by atoms with Crippen LogP contribution in [-0.2, 0) is 9.53 Å². The van der Waals surface area contributed by atoms with Crippen LogP contribution in [0.3, 0.4) is 0 Å². The first-order chi connectivity index (χ1) is 8.63. The maximum Gasteiger partial charge on any atom is 0.256 e. The van der Waals surface area contributed by atoms with Crippen molar-refractivity contribution in [1.29, 1.82) is 0 Å². The minimum Gasteiger partial charge on any atom is -0.366 e. The number of nitrogens with two attached hydrogens (primary N) is 1. The fourth-order valence-corrected chi connectivity index (χ4v) is 2.18. The number of nitrogens with zero attached hydrogens (tertiary/aromatic N) is 1. The topological polar surface area (TPSA) is 55.6 Å². The zero-order chi connectivity index (χ0) is 13.1. The van der Waals surface area contributed by atoms with E-state index in [-0.39, 0.29) is 5.91 Å². The third-order valence-corrected chi connectivity index (χ3v) is 3.48. The van der Waals surface area contributed by atoms with Crippen molar-refractivity contribution in [1.82, 2.24) is 0 Å². The number of rotatable bonds is 3. The van der Waals surface area contributed by atoms with Crippen LogP contribution < -0.4 is 10.6 Å². The molecule has 0 aliphatic carbocycles. The summed E-state index contributed by atoms with van der Waals surface area (Å²) in [7, 11) is 0. The molecule has 1 unspecified atom stereocenters. The molecule has 0 aromatic heterocycles. The lowest BCUT2D eigenvalue weighted by molar-refractivity contribution is -0.134. The minimum atomic E-state index is -0.427. The van der Waals surface area contributed by atoms with Crippen molar-refractivity contribution in [2.75, 3.05) is 24.6 Å². The number of hydrogen-bond acceptors (Lipinski definition) is 3. The Hall–Kier alpha value is -1.10. The van der Waals surface area contributed by atoms with Crippen molar-refractivity contribution in [3.8, 4) is 0 Å². The van der Waals surface area contributed by atoms with Crippen LogP contribution in [0.5, 0.6) is 0 Å². The maximum absolute atomic E-state index is 12.2. The average molecular weight is 269 g/mol. The van der Waals surface area contributed by atoms with Crippen LogP contribution in [0.1, 0.15) is 12.0 Å². The van der Waals surface area contributed by atoms with Crippen LogP contribution in [0.15, 0.2) is 18.2 Å². The van der Waals surface area contributed by atoms with Gasteiger partial charge in [0, 0.05) is 17.3 Å². The molecule has 1 aromatic carbocycles. The first-order valence-electron chi connectivity index (χ1n) is 6.02. The first-order valence-corrected chi connectivity index (χ1v) is 6.40. The van der Waals surface area contributed by atoms with Gasteiger partial charge in [-0.25, -0.2) is 0 Å². The molecular weight excluding hydrogens is 252 g/mol. The summed E-state index contributed by atoms with van der Waals surface area (Å²) < 4.78 is 5.43. The molecule has 1 heterocycles. The fraction of sp³-hybridized carbons (Fsp3) is 0.462. The Labute approximate surface area is 112 Å². The van der Waals surface area contributed by atoms with Gasteiger partial charge in [0.05, 0.1) is 6.61 Å². The lowest BCUT2D eigenvalue weighted by Gasteiger charge is -2.32. The number of morpholine rings is 1. The van der Waals surface area contributed by atoms with Crippen molar-refractivity contribution >= 4 is 23.2 Å². The summed E-state index contributed by atoms with van der Waals surface area (Å²) in [5.41, 5.74) is 7.30. The monoisotopic (exact) mass is 268 g/mol. The van der Waals surface area contributed by atoms with E-state index in [1.54, 1.807) is 4.90 Å². The molecule has 98 valence electrons. The van der Waals surface area contributed by atoms with Gasteiger partial charge in [0.15, 0.2) is 0 Å². The van der Waals surface area contributed by atoms with Crippen molar-refractivity contribution in [2.45, 2.75) is 19.4 Å². The molecule has 1 amide bonds. The van der Waals surface area contributed by atoms with Gasteiger partial charge in [0.1, 0.15) is 6.10 Å². The lowest BCUT2D eigenvalue weighted by Crippen LogP contribution is -2.48. The predicted molar refractivity (Wildman–Crippen MR) is 72.0 cm³/mol. The van der Waals surface area contributed by atoms with Crippen LogP contribution in [-0.4, -0.2) is 31.7 Å². The maximum atomic E-state index is 12.2. The lowest BCUT2D eigenvalue weighted by atomic mass is 10.1. The normalized spacial score (nSPS) is 20.3. The molecule has 18 heavy (non-hydrogen) atoms. The molecule has 1 aliphatic heterocycles. The third-order valence-electron chi connectivity index (χ3n) is 3.07. The Morgan fingerprint density at radius 3 is 3.00 bits per heavy atom. The smallest absolute Gasteiger partial charge is 0.256 e. The molecule has 4 nitrogen and oxygen atoms in total. The summed E-state index contributed by atoms with van der Waals surface area (Å²) in [6.45, 7) is 3.46. The van der Waals surface area contributed by atoms with Gasteiger partial charge in [-0.15, -0.1) is 0 Å². The van der Waals surface area contributed by atoms with Crippen LogP contribution in [0, 0.1) is 6.92 Å². The van der Waals surface area contributed by atoms with E-state index in [0.29, 0.717) is 31.1 Å². The zero-order valence-electron chi connectivity index (χ0n) is 10.4. The zero-order valence-corrected chi connectivity index (χ0v) is 11.1. The van der Waals surface area contributed by atoms with Crippen LogP contribution in [0.4, 0.5) is 5.69 Å². The standard InChI is InChI=1S/C13H17ClN2O2/c1-9-2-3-10(8-11(9)14)16-6-7-18-12(4-5-15)13(16)17/h2-3,8,12H,4-7,15H2,1H3. The second-order valence-corrected chi connectivity index (χ2v) is 4.77. The number of carbonyl (C=O) groups excluding carboxylic acids is 1. The van der Waals surface area contributed by atoms with E-state index in [4.69, 9.17) is 22.1 Å². The molecular formula is C13H17ClN2O2. The summed E-state index contributed by atoms with van der Waals surface area (Å²) >= 11 is 6.09. The quantitative estimate of drug-likeness (QED) is 0.908. The number of benzene rings is 1. The van der Waals surface area contributed by atoms with E-state index in [1.165, 1.54) is 0 Å². The minimum absolute atomic E-state index is 0.0355. The van der Waals surface area contributed by atoms with Gasteiger partial charge in [-0.3, -0.25) is 4.79 Å². The summed E-state index contributed by atoms with van der Waals surface area (Å²) in [5.74, 6) is -0.0355. The third kappa shape index (κ3) is 2.66. The largest absolute Gasteiger partial charge is 0.366 e. The second-order valence-electron chi connectivity index (χ2n) is 4.36. The van der Waals surface area contributed by atoms with Gasteiger partial charge in [-0.2, -0.15) is 0 Å². The molecule has 1 aliphatic rings. The summed E-state index contributed by atoms with van der Waals surface area (Å²) in [6, 6.07) is 5.64. The van der Waals surface area contributed by atoms with E-state index < -0.39 is 6.10 Å². The number of ether oxygens (including phenoxy) is 1. The Morgan fingerprint density at radius 2 is 2.33 bits per heavy atom.